The number of hydrogen-bond acceptors (Lipinski definition) is 4. The average Bonchev–Trinajstić information content (AvgIpc) is 3.01. The lowest BCUT2D eigenvalue weighted by atomic mass is 9.96. The van der Waals surface area contributed by atoms with Gasteiger partial charge >= 0.3 is 0 Å². The molecule has 3 aliphatic rings. The van der Waals surface area contributed by atoms with Gasteiger partial charge in [-0.05, 0) is 37.8 Å². The van der Waals surface area contributed by atoms with Gasteiger partial charge in [-0.2, -0.15) is 0 Å². The molecular formula is C22H26N4O2. The second kappa shape index (κ2) is 7.41. The van der Waals surface area contributed by atoms with Crippen LogP contribution in [0.25, 0.3) is 6.08 Å². The van der Waals surface area contributed by atoms with Crippen LogP contribution < -0.4 is 4.74 Å². The summed E-state index contributed by atoms with van der Waals surface area (Å²) >= 11 is 0. The molecule has 0 radical (unpaired) electrons. The molecule has 4 heterocycles. The Bertz CT molecular complexity index is 917. The van der Waals surface area contributed by atoms with Crippen LogP contribution in [0.1, 0.15) is 55.2 Å². The molecule has 1 unspecified atom stereocenters. The van der Waals surface area contributed by atoms with Crippen molar-refractivity contribution in [1.29, 1.82) is 0 Å². The number of likely N-dealkylation sites (tertiary alicyclic amines) is 1. The van der Waals surface area contributed by atoms with E-state index in [1.807, 2.05) is 35.2 Å². The van der Waals surface area contributed by atoms with Crippen LogP contribution >= 0.6 is 0 Å². The number of para-hydroxylation sites is 1. The maximum Gasteiger partial charge on any atom is 0.253 e. The maximum absolute atomic E-state index is 13.2. The van der Waals surface area contributed by atoms with Crippen LogP contribution in [0.3, 0.4) is 0 Å². The summed E-state index contributed by atoms with van der Waals surface area (Å²) in [5.41, 5.74) is 1.72. The zero-order valence-electron chi connectivity index (χ0n) is 16.1. The van der Waals surface area contributed by atoms with E-state index in [1.54, 1.807) is 0 Å². The number of aromatic nitrogens is 3. The van der Waals surface area contributed by atoms with Crippen LogP contribution in [0, 0.1) is 0 Å². The molecule has 1 aromatic carbocycles. The third-order valence-electron chi connectivity index (χ3n) is 6.12. The average molecular weight is 378 g/mol. The summed E-state index contributed by atoms with van der Waals surface area (Å²) in [4.78, 5) is 15.1. The number of rotatable bonds is 2. The summed E-state index contributed by atoms with van der Waals surface area (Å²) in [7, 11) is 0. The van der Waals surface area contributed by atoms with Crippen molar-refractivity contribution in [1.82, 2.24) is 19.7 Å². The van der Waals surface area contributed by atoms with Gasteiger partial charge in [-0.1, -0.05) is 24.6 Å². The van der Waals surface area contributed by atoms with Crippen molar-refractivity contribution in [2.24, 2.45) is 0 Å². The highest BCUT2D eigenvalue weighted by Crippen LogP contribution is 2.31. The number of hydrogen-bond donors (Lipinski definition) is 0. The summed E-state index contributed by atoms with van der Waals surface area (Å²) < 4.78 is 8.12. The predicted molar refractivity (Wildman–Crippen MR) is 106 cm³/mol. The van der Waals surface area contributed by atoms with E-state index in [9.17, 15) is 4.79 Å². The van der Waals surface area contributed by atoms with Crippen molar-refractivity contribution in [3.8, 4) is 5.75 Å². The third kappa shape index (κ3) is 3.21. The lowest BCUT2D eigenvalue weighted by Gasteiger charge is -2.33. The summed E-state index contributed by atoms with van der Waals surface area (Å²) in [6.45, 7) is 2.88. The lowest BCUT2D eigenvalue weighted by molar-refractivity contribution is -0.128. The van der Waals surface area contributed by atoms with Gasteiger partial charge < -0.3 is 14.2 Å². The topological polar surface area (TPSA) is 60.2 Å². The second-order valence-electron chi connectivity index (χ2n) is 8.02. The molecule has 0 N–H and O–H groups in total. The van der Waals surface area contributed by atoms with Crippen molar-refractivity contribution >= 4 is 12.0 Å². The zero-order chi connectivity index (χ0) is 18.9. The summed E-state index contributed by atoms with van der Waals surface area (Å²) in [6, 6.07) is 7.86. The zero-order valence-corrected chi connectivity index (χ0v) is 16.1. The van der Waals surface area contributed by atoms with E-state index in [4.69, 9.17) is 4.74 Å². The number of benzene rings is 1. The van der Waals surface area contributed by atoms with Crippen molar-refractivity contribution in [2.45, 2.75) is 51.0 Å². The Labute approximate surface area is 165 Å². The number of amides is 1. The first kappa shape index (κ1) is 17.5. The van der Waals surface area contributed by atoms with Crippen molar-refractivity contribution in [2.75, 3.05) is 19.7 Å². The predicted octanol–water partition coefficient (Wildman–Crippen LogP) is 3.19. The molecule has 28 heavy (non-hydrogen) atoms. The van der Waals surface area contributed by atoms with E-state index < -0.39 is 0 Å². The lowest BCUT2D eigenvalue weighted by Crippen LogP contribution is -2.41. The number of carbonyl (C=O) groups excluding carboxylic acids is 1. The van der Waals surface area contributed by atoms with Crippen LogP contribution in [0.5, 0.6) is 5.75 Å². The second-order valence-corrected chi connectivity index (χ2v) is 8.02. The van der Waals surface area contributed by atoms with Crippen LogP contribution in [0.2, 0.25) is 0 Å². The fraction of sp³-hybridized carbons (Fsp3) is 0.500. The van der Waals surface area contributed by atoms with E-state index in [0.29, 0.717) is 6.61 Å². The largest absolute Gasteiger partial charge is 0.488 e. The molecule has 0 saturated carbocycles. The molecule has 0 spiro atoms. The molecule has 6 heteroatoms. The van der Waals surface area contributed by atoms with Crippen LogP contribution in [-0.4, -0.2) is 45.3 Å². The molecule has 5 rings (SSSR count). The Morgan fingerprint density at radius 1 is 1.07 bits per heavy atom. The Balaban J connectivity index is 1.35. The van der Waals surface area contributed by atoms with Crippen LogP contribution in [0.4, 0.5) is 0 Å². The fourth-order valence-corrected chi connectivity index (χ4v) is 4.62. The van der Waals surface area contributed by atoms with E-state index in [-0.39, 0.29) is 11.8 Å². The Morgan fingerprint density at radius 2 is 2.00 bits per heavy atom. The van der Waals surface area contributed by atoms with Gasteiger partial charge in [-0.15, -0.1) is 10.2 Å². The molecule has 1 atom stereocenters. The van der Waals surface area contributed by atoms with Gasteiger partial charge in [0.15, 0.2) is 0 Å². The SMILES string of the molecule is O=C(C1=Cc2ccccc2OC1)N1CCCC(c2nnc3n2CCCCC3)C1. The Morgan fingerprint density at radius 3 is 2.96 bits per heavy atom. The van der Waals surface area contributed by atoms with Gasteiger partial charge in [0.25, 0.3) is 5.91 Å². The molecule has 1 aromatic heterocycles. The molecule has 1 fully saturated rings. The number of aryl methyl sites for hydroxylation is 1. The van der Waals surface area contributed by atoms with Crippen LogP contribution in [-0.2, 0) is 17.8 Å². The maximum atomic E-state index is 13.2. The van der Waals surface area contributed by atoms with Crippen molar-refractivity contribution in [3.05, 3.63) is 47.1 Å². The highest BCUT2D eigenvalue weighted by atomic mass is 16.5. The Hall–Kier alpha value is -2.63. The van der Waals surface area contributed by atoms with E-state index in [1.165, 1.54) is 19.3 Å². The highest BCUT2D eigenvalue weighted by molar-refractivity contribution is 5.99. The first-order valence-electron chi connectivity index (χ1n) is 10.4. The standard InChI is InChI=1S/C22H26N4O2/c27-22(18-13-16-7-3-4-9-19(16)28-15-18)25-11-6-8-17(14-25)21-24-23-20-10-2-1-5-12-26(20)21/h3-4,7,9,13,17H,1-2,5-6,8,10-12,14-15H2. The number of ether oxygens (including phenoxy) is 1. The normalized spacial score (nSPS) is 21.8. The number of carbonyl (C=O) groups is 1. The van der Waals surface area contributed by atoms with Gasteiger partial charge in [-0.3, -0.25) is 4.79 Å². The molecule has 6 nitrogen and oxygen atoms in total. The minimum Gasteiger partial charge on any atom is -0.488 e. The molecule has 0 bridgehead atoms. The van der Waals surface area contributed by atoms with Crippen molar-refractivity contribution < 1.29 is 9.53 Å². The van der Waals surface area contributed by atoms with Gasteiger partial charge in [0.1, 0.15) is 24.0 Å². The summed E-state index contributed by atoms with van der Waals surface area (Å²) in [5, 5.41) is 8.99. The summed E-state index contributed by atoms with van der Waals surface area (Å²) in [6.07, 6.45) is 8.72. The number of piperidine rings is 1. The third-order valence-corrected chi connectivity index (χ3v) is 6.12. The minimum atomic E-state index is 0.0924. The number of fused-ring (bicyclic) bond motifs is 2. The van der Waals surface area contributed by atoms with Gasteiger partial charge in [0.05, 0.1) is 5.57 Å². The number of nitrogens with zero attached hydrogens (tertiary/aromatic N) is 4. The molecule has 1 saturated heterocycles. The van der Waals surface area contributed by atoms with Gasteiger partial charge in [0.2, 0.25) is 0 Å². The van der Waals surface area contributed by atoms with Gasteiger partial charge in [-0.25, -0.2) is 0 Å². The van der Waals surface area contributed by atoms with E-state index in [0.717, 1.165) is 67.4 Å². The summed E-state index contributed by atoms with van der Waals surface area (Å²) in [5.74, 6) is 3.41. The molecule has 1 amide bonds. The quantitative estimate of drug-likeness (QED) is 0.805. The first-order valence-corrected chi connectivity index (χ1v) is 10.4. The fourth-order valence-electron chi connectivity index (χ4n) is 4.62. The molecule has 146 valence electrons. The van der Waals surface area contributed by atoms with Crippen molar-refractivity contribution in [3.63, 3.8) is 0 Å². The minimum absolute atomic E-state index is 0.0924. The van der Waals surface area contributed by atoms with Gasteiger partial charge in [0, 0.05) is 37.5 Å². The molecule has 3 aliphatic heterocycles. The smallest absolute Gasteiger partial charge is 0.253 e. The molecular weight excluding hydrogens is 352 g/mol. The molecule has 0 aliphatic carbocycles. The van der Waals surface area contributed by atoms with Crippen LogP contribution in [0.15, 0.2) is 29.8 Å². The monoisotopic (exact) mass is 378 g/mol. The highest BCUT2D eigenvalue weighted by Gasteiger charge is 2.31. The first-order chi connectivity index (χ1) is 13.8. The van der Waals surface area contributed by atoms with E-state index >= 15 is 0 Å². The Kier molecular flexibility index (Phi) is 4.63. The van der Waals surface area contributed by atoms with E-state index in [2.05, 4.69) is 14.8 Å². The molecule has 2 aromatic rings.